The fraction of sp³-hybridized carbons (Fsp3) is 0.900. The molecule has 0 aromatic heterocycles. The second-order valence-corrected chi connectivity index (χ2v) is 10.6. The minimum atomic E-state index is 0. The minimum Gasteiger partial charge on any atom is -0.463 e. The van der Waals surface area contributed by atoms with Crippen molar-refractivity contribution in [2.45, 2.75) is 103 Å². The molecule has 2 saturated heterocycles. The van der Waals surface area contributed by atoms with E-state index in [0.29, 0.717) is 11.8 Å². The average Bonchev–Trinajstić information content (AvgIpc) is 2.89. The number of amidine groups is 2. The normalized spacial score (nSPS) is 34.2. The maximum atomic E-state index is 4.63. The topological polar surface area (TPSA) is 52.9 Å². The number of nitrogens with zero attached hydrogens (tertiary/aromatic N) is 4. The van der Waals surface area contributed by atoms with Crippen molar-refractivity contribution in [3.05, 3.63) is 10.6 Å². The number of hydrogen-bond acceptors (Lipinski definition) is 2. The van der Waals surface area contributed by atoms with E-state index in [0.717, 1.165) is 11.7 Å². The van der Waals surface area contributed by atoms with Crippen molar-refractivity contribution in [1.29, 1.82) is 0 Å². The molecule has 0 aromatic carbocycles. The zero-order chi connectivity index (χ0) is 18.0. The first-order chi connectivity index (χ1) is 10.8. The van der Waals surface area contributed by atoms with E-state index in [9.17, 15) is 0 Å². The van der Waals surface area contributed by atoms with E-state index in [1.807, 2.05) is 0 Å². The monoisotopic (exact) mass is 389 g/mol. The number of rotatable bonds is 0. The summed E-state index contributed by atoms with van der Waals surface area (Å²) in [5.41, 5.74) is 0.611. The Hall–Kier alpha value is -0.554. The molecule has 4 aliphatic rings. The van der Waals surface area contributed by atoms with Gasteiger partial charge in [0, 0.05) is 0 Å². The van der Waals surface area contributed by atoms with Gasteiger partial charge in [0.25, 0.3) is 0 Å². The number of aliphatic imine (C=N–C) groups is 2. The van der Waals surface area contributed by atoms with E-state index in [4.69, 9.17) is 0 Å². The summed E-state index contributed by atoms with van der Waals surface area (Å²) in [4.78, 5) is 9.26. The third-order valence-corrected chi connectivity index (χ3v) is 5.38. The van der Waals surface area contributed by atoms with Crippen molar-refractivity contribution in [3.63, 3.8) is 0 Å². The zero-order valence-corrected chi connectivity index (χ0v) is 18.1. The molecule has 2 atom stereocenters. The van der Waals surface area contributed by atoms with E-state index in [1.54, 1.807) is 0 Å². The third-order valence-electron chi connectivity index (χ3n) is 5.38. The molecule has 1 radical (unpaired) electrons. The maximum absolute atomic E-state index is 4.63. The van der Waals surface area contributed by atoms with Gasteiger partial charge in [0.15, 0.2) is 0 Å². The second kappa shape index (κ2) is 6.26. The fourth-order valence-corrected chi connectivity index (χ4v) is 4.76. The van der Waals surface area contributed by atoms with Crippen molar-refractivity contribution < 1.29 is 16.8 Å². The summed E-state index contributed by atoms with van der Waals surface area (Å²) in [6.45, 7) is 17.6. The molecule has 0 spiro atoms. The Morgan fingerprint density at radius 1 is 0.640 bits per heavy atom. The van der Waals surface area contributed by atoms with E-state index in [-0.39, 0.29) is 38.9 Å². The third kappa shape index (κ3) is 4.79. The van der Waals surface area contributed by atoms with Crippen molar-refractivity contribution in [3.8, 4) is 0 Å². The van der Waals surface area contributed by atoms with E-state index in [2.05, 4.69) is 76.0 Å². The SMILES string of the molecule is CC1(C)CC2CC(C)(C)[N-]C2=N1.CC1(C)CC2CC(C)(C)[N-]C2=N1.[Co+2]. The van der Waals surface area contributed by atoms with Crippen molar-refractivity contribution in [1.82, 2.24) is 0 Å². The van der Waals surface area contributed by atoms with Gasteiger partial charge in [-0.15, -0.1) is 0 Å². The average molecular weight is 389 g/mol. The standard InChI is InChI=1S/2C10H17N2.Co/c2*1-9(2)5-7-6-10(3,4)12-8(7)11-9;/h2*7H,5-6H2,1-4H3;/q2*-1;+2. The first-order valence-electron chi connectivity index (χ1n) is 9.41. The first kappa shape index (κ1) is 20.8. The van der Waals surface area contributed by atoms with Gasteiger partial charge in [-0.3, -0.25) is 0 Å². The largest absolute Gasteiger partial charge is 2.00 e. The Balaban J connectivity index is 0.000000173. The maximum Gasteiger partial charge on any atom is 2.00 e. The van der Waals surface area contributed by atoms with Crippen molar-refractivity contribution in [2.75, 3.05) is 0 Å². The molecule has 0 amide bonds. The van der Waals surface area contributed by atoms with Crippen LogP contribution in [0, 0.1) is 11.8 Å². The Labute approximate surface area is 164 Å². The van der Waals surface area contributed by atoms with Crippen molar-refractivity contribution >= 4 is 11.7 Å². The molecule has 2 unspecified atom stereocenters. The van der Waals surface area contributed by atoms with Crippen LogP contribution in [-0.4, -0.2) is 33.8 Å². The van der Waals surface area contributed by atoms with Gasteiger partial charge in [0.1, 0.15) is 0 Å². The summed E-state index contributed by atoms with van der Waals surface area (Å²) in [5.74, 6) is 3.56. The molecule has 2 fully saturated rings. The van der Waals surface area contributed by atoms with Gasteiger partial charge in [0.2, 0.25) is 0 Å². The molecule has 0 N–H and O–H groups in total. The molecule has 0 saturated carbocycles. The van der Waals surface area contributed by atoms with Crippen LogP contribution in [0.4, 0.5) is 0 Å². The smallest absolute Gasteiger partial charge is 0.463 e. The Bertz CT molecular complexity index is 535. The molecule has 4 heterocycles. The summed E-state index contributed by atoms with van der Waals surface area (Å²) in [7, 11) is 0. The van der Waals surface area contributed by atoms with Gasteiger partial charge < -0.3 is 20.6 Å². The van der Waals surface area contributed by atoms with E-state index < -0.39 is 0 Å². The summed E-state index contributed by atoms with van der Waals surface area (Å²) >= 11 is 0. The Kier molecular flexibility index (Phi) is 5.20. The van der Waals surface area contributed by atoms with Crippen LogP contribution in [0.25, 0.3) is 10.6 Å². The van der Waals surface area contributed by atoms with E-state index in [1.165, 1.54) is 25.7 Å². The van der Waals surface area contributed by atoms with Crippen LogP contribution in [0.2, 0.25) is 0 Å². The molecule has 5 heteroatoms. The summed E-state index contributed by atoms with van der Waals surface area (Å²) in [5, 5.41) is 9.26. The van der Waals surface area contributed by atoms with Gasteiger partial charge in [-0.2, -0.15) is 0 Å². The van der Waals surface area contributed by atoms with Gasteiger partial charge in [-0.25, -0.2) is 0 Å². The molecule has 0 bridgehead atoms. The number of fused-ring (bicyclic) bond motifs is 2. The Morgan fingerprint density at radius 2 is 0.960 bits per heavy atom. The van der Waals surface area contributed by atoms with Gasteiger partial charge >= 0.3 is 16.8 Å². The Morgan fingerprint density at radius 3 is 1.24 bits per heavy atom. The first-order valence-corrected chi connectivity index (χ1v) is 9.41. The second-order valence-electron chi connectivity index (χ2n) is 10.6. The predicted octanol–water partition coefficient (Wildman–Crippen LogP) is 5.48. The molecule has 25 heavy (non-hydrogen) atoms. The van der Waals surface area contributed by atoms with Crippen LogP contribution in [0.1, 0.15) is 81.1 Å². The summed E-state index contributed by atoms with van der Waals surface area (Å²) in [6.07, 6.45) is 4.76. The molecule has 4 rings (SSSR count). The minimum absolute atomic E-state index is 0. The molecule has 143 valence electrons. The molecule has 0 aromatic rings. The molecular formula is C20H34CoN4. The summed E-state index contributed by atoms with van der Waals surface area (Å²) in [6, 6.07) is 0. The zero-order valence-electron chi connectivity index (χ0n) is 17.1. The van der Waals surface area contributed by atoms with E-state index >= 15 is 0 Å². The fourth-order valence-electron chi connectivity index (χ4n) is 4.76. The molecular weight excluding hydrogens is 355 g/mol. The van der Waals surface area contributed by atoms with Gasteiger partial charge in [0.05, 0.1) is 0 Å². The van der Waals surface area contributed by atoms with Gasteiger partial charge in [-0.05, 0) is 59.7 Å². The van der Waals surface area contributed by atoms with Gasteiger partial charge in [-0.1, -0.05) is 67.1 Å². The van der Waals surface area contributed by atoms with Crippen molar-refractivity contribution in [2.24, 2.45) is 21.8 Å². The number of hydrogen-bond donors (Lipinski definition) is 0. The van der Waals surface area contributed by atoms with Crippen LogP contribution in [0.3, 0.4) is 0 Å². The quantitative estimate of drug-likeness (QED) is 0.527. The van der Waals surface area contributed by atoms with Crippen LogP contribution in [-0.2, 0) is 16.8 Å². The molecule has 4 aliphatic heterocycles. The summed E-state index contributed by atoms with van der Waals surface area (Å²) < 4.78 is 0. The van der Waals surface area contributed by atoms with Crippen LogP contribution in [0.5, 0.6) is 0 Å². The van der Waals surface area contributed by atoms with Crippen LogP contribution < -0.4 is 0 Å². The predicted molar refractivity (Wildman–Crippen MR) is 103 cm³/mol. The molecule has 4 nitrogen and oxygen atoms in total. The van der Waals surface area contributed by atoms with Crippen LogP contribution >= 0.6 is 0 Å². The molecule has 0 aliphatic carbocycles. The van der Waals surface area contributed by atoms with Crippen LogP contribution in [0.15, 0.2) is 9.98 Å².